The molecule has 1 aromatic carbocycles. The number of hydrogen-bond donors (Lipinski definition) is 0. The molecule has 3 aromatic rings. The first-order valence-electron chi connectivity index (χ1n) is 6.69. The van der Waals surface area contributed by atoms with Gasteiger partial charge in [-0.05, 0) is 23.1 Å². The second-order valence-electron chi connectivity index (χ2n) is 5.37. The Morgan fingerprint density at radius 1 is 1.11 bits per heavy atom. The zero-order valence-electron chi connectivity index (χ0n) is 11.6. The van der Waals surface area contributed by atoms with Gasteiger partial charge < -0.3 is 0 Å². The summed E-state index contributed by atoms with van der Waals surface area (Å²) in [6, 6.07) is 13.1. The number of benzene rings is 1. The van der Waals surface area contributed by atoms with Crippen molar-refractivity contribution >= 4 is 18.8 Å². The van der Waals surface area contributed by atoms with Gasteiger partial charge in [0, 0.05) is 18.0 Å². The monoisotopic (exact) mass is 248 g/mol. The van der Waals surface area contributed by atoms with Gasteiger partial charge in [0.05, 0.1) is 5.52 Å². The lowest BCUT2D eigenvalue weighted by Gasteiger charge is -2.09. The quantitative estimate of drug-likeness (QED) is 0.636. The molecule has 2 nitrogen and oxygen atoms in total. The van der Waals surface area contributed by atoms with Crippen LogP contribution in [-0.2, 0) is 0 Å². The molecule has 0 radical (unpaired) electrons. The zero-order chi connectivity index (χ0) is 13.4. The molecule has 19 heavy (non-hydrogen) atoms. The van der Waals surface area contributed by atoms with Gasteiger partial charge in [-0.3, -0.25) is 0 Å². The fourth-order valence-corrected chi connectivity index (χ4v) is 2.44. The first kappa shape index (κ1) is 12.0. The topological polar surface area (TPSA) is 17.3 Å². The standard InChI is InChI=1S/C16H17BN2/c1-11(2)12-3-5-13(6-4-12)15-9-14(17)10-19-16(15)7-8-18-19/h3-11H,17H2,1-2H3. The molecule has 0 saturated heterocycles. The molecule has 0 saturated carbocycles. The summed E-state index contributed by atoms with van der Waals surface area (Å²) in [6.45, 7) is 4.44. The molecule has 3 rings (SSSR count). The van der Waals surface area contributed by atoms with E-state index in [1.165, 1.54) is 22.2 Å². The van der Waals surface area contributed by atoms with Gasteiger partial charge in [-0.25, -0.2) is 4.52 Å². The summed E-state index contributed by atoms with van der Waals surface area (Å²) in [5.74, 6) is 0.571. The molecule has 0 atom stereocenters. The third-order valence-electron chi connectivity index (χ3n) is 3.53. The fourth-order valence-electron chi connectivity index (χ4n) is 2.44. The molecule has 0 aliphatic carbocycles. The summed E-state index contributed by atoms with van der Waals surface area (Å²) in [4.78, 5) is 0. The normalized spacial score (nSPS) is 11.3. The summed E-state index contributed by atoms with van der Waals surface area (Å²) >= 11 is 0. The average Bonchev–Trinajstić information content (AvgIpc) is 2.85. The van der Waals surface area contributed by atoms with Gasteiger partial charge in [0.1, 0.15) is 7.85 Å². The highest BCUT2D eigenvalue weighted by Crippen LogP contribution is 2.25. The Bertz CT molecular complexity index is 711. The molecular formula is C16H17BN2. The van der Waals surface area contributed by atoms with Crippen molar-refractivity contribution in [2.24, 2.45) is 0 Å². The predicted octanol–water partition coefficient (Wildman–Crippen LogP) is 2.38. The summed E-state index contributed by atoms with van der Waals surface area (Å²) < 4.78 is 1.95. The molecule has 0 amide bonds. The van der Waals surface area contributed by atoms with Gasteiger partial charge in [0.2, 0.25) is 0 Å². The maximum atomic E-state index is 4.33. The van der Waals surface area contributed by atoms with Crippen molar-refractivity contribution in [3.05, 3.63) is 54.4 Å². The predicted molar refractivity (Wildman–Crippen MR) is 82.9 cm³/mol. The maximum absolute atomic E-state index is 4.33. The van der Waals surface area contributed by atoms with E-state index in [2.05, 4.69) is 69.4 Å². The van der Waals surface area contributed by atoms with E-state index in [1.807, 2.05) is 10.7 Å². The summed E-state index contributed by atoms with van der Waals surface area (Å²) in [7, 11) is 2.10. The zero-order valence-corrected chi connectivity index (χ0v) is 11.6. The molecule has 0 bridgehead atoms. The average molecular weight is 248 g/mol. The lowest BCUT2D eigenvalue weighted by molar-refractivity contribution is 0.867. The Balaban J connectivity index is 2.15. The smallest absolute Gasteiger partial charge is 0.141 e. The lowest BCUT2D eigenvalue weighted by Crippen LogP contribution is -2.07. The minimum atomic E-state index is 0.571. The summed E-state index contributed by atoms with van der Waals surface area (Å²) in [5, 5.41) is 4.33. The van der Waals surface area contributed by atoms with Crippen molar-refractivity contribution in [1.82, 2.24) is 9.61 Å². The van der Waals surface area contributed by atoms with E-state index in [0.717, 1.165) is 5.52 Å². The lowest BCUT2D eigenvalue weighted by atomic mass is 9.93. The fraction of sp³-hybridized carbons (Fsp3) is 0.188. The highest BCUT2D eigenvalue weighted by atomic mass is 15.2. The number of nitrogens with zero attached hydrogens (tertiary/aromatic N) is 2. The number of pyridine rings is 1. The maximum Gasteiger partial charge on any atom is 0.141 e. The second kappa shape index (κ2) is 4.58. The van der Waals surface area contributed by atoms with E-state index in [0.29, 0.717) is 5.92 Å². The van der Waals surface area contributed by atoms with Crippen LogP contribution >= 0.6 is 0 Å². The van der Waals surface area contributed by atoms with Crippen molar-refractivity contribution in [2.75, 3.05) is 0 Å². The molecular weight excluding hydrogens is 231 g/mol. The molecule has 2 aromatic heterocycles. The molecule has 0 aliphatic heterocycles. The third kappa shape index (κ3) is 2.16. The molecule has 2 heterocycles. The first-order valence-corrected chi connectivity index (χ1v) is 6.69. The van der Waals surface area contributed by atoms with Crippen LogP contribution in [0.3, 0.4) is 0 Å². The molecule has 94 valence electrons. The van der Waals surface area contributed by atoms with Crippen LogP contribution < -0.4 is 5.46 Å². The number of fused-ring (bicyclic) bond motifs is 1. The van der Waals surface area contributed by atoms with Crippen LogP contribution in [0.15, 0.2) is 48.8 Å². The van der Waals surface area contributed by atoms with Crippen molar-refractivity contribution in [3.8, 4) is 11.1 Å². The highest BCUT2D eigenvalue weighted by molar-refractivity contribution is 6.32. The van der Waals surface area contributed by atoms with Gasteiger partial charge in [0.15, 0.2) is 0 Å². The van der Waals surface area contributed by atoms with E-state index in [1.54, 1.807) is 0 Å². The van der Waals surface area contributed by atoms with Crippen molar-refractivity contribution in [1.29, 1.82) is 0 Å². The molecule has 0 unspecified atom stereocenters. The number of hydrogen-bond acceptors (Lipinski definition) is 1. The Hall–Kier alpha value is -2.03. The van der Waals surface area contributed by atoms with Gasteiger partial charge in [-0.15, -0.1) is 0 Å². The SMILES string of the molecule is Bc1cc(-c2ccc(C(C)C)cc2)c2ccnn2c1. The Kier molecular flexibility index (Phi) is 2.90. The Morgan fingerprint density at radius 2 is 1.84 bits per heavy atom. The van der Waals surface area contributed by atoms with Crippen LogP contribution in [0.2, 0.25) is 0 Å². The minimum absolute atomic E-state index is 0.571. The Labute approximate surface area is 114 Å². The van der Waals surface area contributed by atoms with E-state index >= 15 is 0 Å². The minimum Gasteiger partial charge on any atom is -0.241 e. The molecule has 0 fully saturated rings. The second-order valence-corrected chi connectivity index (χ2v) is 5.37. The van der Waals surface area contributed by atoms with Crippen LogP contribution in [0.4, 0.5) is 0 Å². The summed E-state index contributed by atoms with van der Waals surface area (Å²) in [5.41, 5.74) is 6.24. The summed E-state index contributed by atoms with van der Waals surface area (Å²) in [6.07, 6.45) is 3.90. The largest absolute Gasteiger partial charge is 0.241 e. The number of rotatable bonds is 2. The van der Waals surface area contributed by atoms with Crippen LogP contribution in [0.5, 0.6) is 0 Å². The van der Waals surface area contributed by atoms with E-state index in [4.69, 9.17) is 0 Å². The van der Waals surface area contributed by atoms with Gasteiger partial charge >= 0.3 is 0 Å². The molecule has 3 heteroatoms. The van der Waals surface area contributed by atoms with Crippen molar-refractivity contribution < 1.29 is 0 Å². The van der Waals surface area contributed by atoms with Crippen LogP contribution in [0.1, 0.15) is 25.3 Å². The van der Waals surface area contributed by atoms with Crippen LogP contribution in [0.25, 0.3) is 16.6 Å². The van der Waals surface area contributed by atoms with E-state index in [-0.39, 0.29) is 0 Å². The highest BCUT2D eigenvalue weighted by Gasteiger charge is 2.06. The van der Waals surface area contributed by atoms with Gasteiger partial charge in [-0.2, -0.15) is 5.10 Å². The first-order chi connectivity index (χ1) is 9.15. The van der Waals surface area contributed by atoms with Crippen molar-refractivity contribution in [2.45, 2.75) is 19.8 Å². The molecule has 0 N–H and O–H groups in total. The third-order valence-corrected chi connectivity index (χ3v) is 3.53. The van der Waals surface area contributed by atoms with E-state index < -0.39 is 0 Å². The van der Waals surface area contributed by atoms with Crippen LogP contribution in [0, 0.1) is 0 Å². The van der Waals surface area contributed by atoms with E-state index in [9.17, 15) is 0 Å². The molecule has 0 spiro atoms. The number of aromatic nitrogens is 2. The van der Waals surface area contributed by atoms with Crippen LogP contribution in [-0.4, -0.2) is 17.5 Å². The Morgan fingerprint density at radius 3 is 2.53 bits per heavy atom. The van der Waals surface area contributed by atoms with Gasteiger partial charge in [0.25, 0.3) is 0 Å². The molecule has 0 aliphatic rings. The van der Waals surface area contributed by atoms with Crippen molar-refractivity contribution in [3.63, 3.8) is 0 Å². The van der Waals surface area contributed by atoms with Gasteiger partial charge in [-0.1, -0.05) is 49.6 Å².